The van der Waals surface area contributed by atoms with Crippen LogP contribution in [0.15, 0.2) is 97.3 Å². The van der Waals surface area contributed by atoms with Crippen molar-refractivity contribution in [1.29, 1.82) is 5.26 Å². The minimum Gasteiger partial charge on any atom is -0.307 e. The molecule has 144 valence electrons. The van der Waals surface area contributed by atoms with Gasteiger partial charge in [-0.25, -0.2) is 9.97 Å². The average Bonchev–Trinajstić information content (AvgIpc) is 2.83. The largest absolute Gasteiger partial charge is 0.307 e. The van der Waals surface area contributed by atoms with Gasteiger partial charge in [0.1, 0.15) is 11.6 Å². The smallest absolute Gasteiger partial charge is 0.134 e. The van der Waals surface area contributed by atoms with Crippen LogP contribution in [-0.2, 0) is 6.54 Å². The molecule has 4 rings (SSSR count). The highest BCUT2D eigenvalue weighted by Gasteiger charge is 2.12. The normalized spacial score (nSPS) is 10.6. The van der Waals surface area contributed by atoms with Gasteiger partial charge in [-0.2, -0.15) is 5.26 Å². The predicted octanol–water partition coefficient (Wildman–Crippen LogP) is 5.86. The van der Waals surface area contributed by atoms with Gasteiger partial charge in [-0.1, -0.05) is 60.7 Å². The molecule has 0 aliphatic heterocycles. The quantitative estimate of drug-likeness (QED) is 0.388. The molecule has 0 radical (unpaired) electrons. The van der Waals surface area contributed by atoms with E-state index in [0.29, 0.717) is 12.1 Å². The number of nitriles is 1. The Morgan fingerprint density at radius 2 is 1.23 bits per heavy atom. The first-order valence-corrected chi connectivity index (χ1v) is 9.68. The molecule has 0 aliphatic rings. The van der Waals surface area contributed by atoms with Crippen molar-refractivity contribution in [3.05, 3.63) is 120 Å². The van der Waals surface area contributed by atoms with E-state index >= 15 is 0 Å². The molecule has 0 spiro atoms. The van der Waals surface area contributed by atoms with Crippen molar-refractivity contribution in [2.24, 2.45) is 0 Å². The van der Waals surface area contributed by atoms with Gasteiger partial charge in [0.05, 0.1) is 18.2 Å². The van der Waals surface area contributed by atoms with Crippen LogP contribution in [0.4, 0.5) is 11.6 Å². The van der Waals surface area contributed by atoms with E-state index in [-0.39, 0.29) is 0 Å². The molecule has 0 saturated heterocycles. The molecule has 4 heteroatoms. The fourth-order valence-electron chi connectivity index (χ4n) is 3.08. The number of hydrogen-bond donors (Lipinski definition) is 0. The highest BCUT2D eigenvalue weighted by Crippen LogP contribution is 2.23. The Bertz CT molecular complexity index is 1100. The van der Waals surface area contributed by atoms with Crippen LogP contribution in [-0.4, -0.2) is 9.97 Å². The number of hydrogen-bond acceptors (Lipinski definition) is 4. The number of rotatable bonds is 6. The van der Waals surface area contributed by atoms with Crippen LogP contribution in [0, 0.1) is 11.3 Å². The predicted molar refractivity (Wildman–Crippen MR) is 121 cm³/mol. The number of pyridine rings is 2. The summed E-state index contributed by atoms with van der Waals surface area (Å²) in [6, 6.07) is 29.9. The van der Waals surface area contributed by atoms with Crippen molar-refractivity contribution in [1.82, 2.24) is 9.97 Å². The van der Waals surface area contributed by atoms with Crippen LogP contribution in [0.1, 0.15) is 22.3 Å². The van der Waals surface area contributed by atoms with Gasteiger partial charge in [-0.15, -0.1) is 0 Å². The molecule has 2 aromatic carbocycles. The van der Waals surface area contributed by atoms with E-state index in [1.165, 1.54) is 5.56 Å². The zero-order valence-corrected chi connectivity index (χ0v) is 16.4. The topological polar surface area (TPSA) is 52.8 Å². The van der Waals surface area contributed by atoms with E-state index in [4.69, 9.17) is 5.26 Å². The summed E-state index contributed by atoms with van der Waals surface area (Å²) < 4.78 is 0. The van der Waals surface area contributed by atoms with Gasteiger partial charge in [0.25, 0.3) is 0 Å². The molecule has 0 amide bonds. The summed E-state index contributed by atoms with van der Waals surface area (Å²) in [7, 11) is 0. The summed E-state index contributed by atoms with van der Waals surface area (Å²) in [5.74, 6) is 1.72. The fraction of sp³-hybridized carbons (Fsp3) is 0.0385. The molecule has 0 unspecified atom stereocenters. The monoisotopic (exact) mass is 388 g/mol. The van der Waals surface area contributed by atoms with Gasteiger partial charge < -0.3 is 4.90 Å². The van der Waals surface area contributed by atoms with Gasteiger partial charge in [0.15, 0.2) is 0 Å². The second kappa shape index (κ2) is 9.31. The van der Waals surface area contributed by atoms with E-state index in [9.17, 15) is 0 Å². The van der Waals surface area contributed by atoms with Crippen molar-refractivity contribution in [3.8, 4) is 6.07 Å². The van der Waals surface area contributed by atoms with Crippen LogP contribution >= 0.6 is 0 Å². The maximum absolute atomic E-state index is 8.89. The molecular weight excluding hydrogens is 368 g/mol. The van der Waals surface area contributed by atoms with Gasteiger partial charge >= 0.3 is 0 Å². The molecule has 0 fully saturated rings. The summed E-state index contributed by atoms with van der Waals surface area (Å²) in [6.07, 6.45) is 7.70. The molecule has 4 aromatic rings. The zero-order valence-electron chi connectivity index (χ0n) is 16.4. The number of anilines is 2. The number of benzene rings is 2. The van der Waals surface area contributed by atoms with Crippen LogP contribution in [0.3, 0.4) is 0 Å². The summed E-state index contributed by atoms with van der Waals surface area (Å²) in [5, 5.41) is 8.89. The van der Waals surface area contributed by atoms with Crippen LogP contribution in [0.5, 0.6) is 0 Å². The van der Waals surface area contributed by atoms with Crippen molar-refractivity contribution >= 4 is 23.8 Å². The Labute approximate surface area is 176 Å². The Morgan fingerprint density at radius 1 is 0.700 bits per heavy atom. The van der Waals surface area contributed by atoms with Crippen LogP contribution < -0.4 is 4.90 Å². The summed E-state index contributed by atoms with van der Waals surface area (Å²) in [5.41, 5.74) is 4.02. The first kappa shape index (κ1) is 19.1. The van der Waals surface area contributed by atoms with Crippen LogP contribution in [0.2, 0.25) is 0 Å². The second-order valence-electron chi connectivity index (χ2n) is 6.77. The lowest BCUT2D eigenvalue weighted by Gasteiger charge is -2.22. The maximum Gasteiger partial charge on any atom is 0.134 e. The third kappa shape index (κ3) is 4.78. The third-order valence-electron chi connectivity index (χ3n) is 4.68. The summed E-state index contributed by atoms with van der Waals surface area (Å²) >= 11 is 0. The standard InChI is InChI=1S/C26H20N4/c27-19-23-13-9-21(10-14-23)7-8-22-11-15-24(16-12-22)20-30(25-5-1-3-17-28-25)26-6-2-4-18-29-26/h1-18H,20H2. The molecule has 0 N–H and O–H groups in total. The van der Waals surface area contributed by atoms with Crippen LogP contribution in [0.25, 0.3) is 12.2 Å². The molecule has 0 saturated carbocycles. The number of aromatic nitrogens is 2. The molecule has 0 aliphatic carbocycles. The van der Waals surface area contributed by atoms with Gasteiger partial charge in [0.2, 0.25) is 0 Å². The minimum absolute atomic E-state index is 0.668. The molecule has 2 heterocycles. The van der Waals surface area contributed by atoms with E-state index < -0.39 is 0 Å². The molecule has 0 atom stereocenters. The first-order valence-electron chi connectivity index (χ1n) is 9.68. The van der Waals surface area contributed by atoms with Gasteiger partial charge in [-0.3, -0.25) is 0 Å². The van der Waals surface area contributed by atoms with E-state index in [0.717, 1.165) is 22.8 Å². The average molecular weight is 388 g/mol. The summed E-state index contributed by atoms with van der Waals surface area (Å²) in [4.78, 5) is 11.1. The molecular formula is C26H20N4. The van der Waals surface area contributed by atoms with E-state index in [2.05, 4.69) is 51.3 Å². The maximum atomic E-state index is 8.89. The lowest BCUT2D eigenvalue weighted by Crippen LogP contribution is -2.18. The lowest BCUT2D eigenvalue weighted by atomic mass is 10.1. The molecule has 2 aromatic heterocycles. The van der Waals surface area contributed by atoms with E-state index in [1.807, 2.05) is 66.7 Å². The second-order valence-corrected chi connectivity index (χ2v) is 6.77. The van der Waals surface area contributed by atoms with Crippen molar-refractivity contribution in [3.63, 3.8) is 0 Å². The third-order valence-corrected chi connectivity index (χ3v) is 4.68. The Hall–Kier alpha value is -4.23. The first-order chi connectivity index (χ1) is 14.8. The highest BCUT2D eigenvalue weighted by atomic mass is 15.2. The molecule has 30 heavy (non-hydrogen) atoms. The molecule has 4 nitrogen and oxygen atoms in total. The lowest BCUT2D eigenvalue weighted by molar-refractivity contribution is 0.923. The number of nitrogens with zero attached hydrogens (tertiary/aromatic N) is 4. The minimum atomic E-state index is 0.668. The Kier molecular flexibility index (Phi) is 5.93. The highest BCUT2D eigenvalue weighted by molar-refractivity contribution is 5.70. The summed E-state index contributed by atoms with van der Waals surface area (Å²) in [6.45, 7) is 0.674. The fourth-order valence-corrected chi connectivity index (χ4v) is 3.08. The van der Waals surface area contributed by atoms with Crippen molar-refractivity contribution < 1.29 is 0 Å². The SMILES string of the molecule is N#Cc1ccc(C=Cc2ccc(CN(c3ccccn3)c3ccccn3)cc2)cc1. The Morgan fingerprint density at radius 3 is 1.70 bits per heavy atom. The Balaban J connectivity index is 1.51. The van der Waals surface area contributed by atoms with Crippen molar-refractivity contribution in [2.75, 3.05) is 4.90 Å². The van der Waals surface area contributed by atoms with Gasteiger partial charge in [0, 0.05) is 12.4 Å². The molecule has 0 bridgehead atoms. The zero-order chi connectivity index (χ0) is 20.6. The van der Waals surface area contributed by atoms with Crippen molar-refractivity contribution in [2.45, 2.75) is 6.54 Å². The van der Waals surface area contributed by atoms with Gasteiger partial charge in [-0.05, 0) is 53.1 Å². The van der Waals surface area contributed by atoms with E-state index in [1.54, 1.807) is 12.4 Å².